The fourth-order valence-corrected chi connectivity index (χ4v) is 4.65. The third-order valence-corrected chi connectivity index (χ3v) is 6.60. The van der Waals surface area contributed by atoms with Crippen LogP contribution in [0.3, 0.4) is 0 Å². The number of nitrogens with one attached hydrogen (secondary N) is 1. The zero-order chi connectivity index (χ0) is 21.6. The van der Waals surface area contributed by atoms with E-state index in [9.17, 15) is 13.2 Å². The predicted octanol–water partition coefficient (Wildman–Crippen LogP) is 2.15. The third-order valence-electron chi connectivity index (χ3n) is 5.33. The molecule has 1 aliphatic rings. The molecule has 0 radical (unpaired) electrons. The molecular formula is C21H23N5O3S. The summed E-state index contributed by atoms with van der Waals surface area (Å²) in [4.78, 5) is 15.3. The Balaban J connectivity index is 1.85. The minimum atomic E-state index is -3.23. The van der Waals surface area contributed by atoms with E-state index in [-0.39, 0.29) is 0 Å². The summed E-state index contributed by atoms with van der Waals surface area (Å²) in [6.45, 7) is 0.714. The molecule has 7 N–H and O–H groups in total. The molecule has 8 nitrogen and oxygen atoms in total. The first-order valence-electron chi connectivity index (χ1n) is 9.40. The smallest absolute Gasteiger partial charge is 0.250 e. The largest absolute Gasteiger partial charge is 0.399 e. The second-order valence-electron chi connectivity index (χ2n) is 7.49. The lowest BCUT2D eigenvalue weighted by atomic mass is 9.97. The molecule has 0 aliphatic carbocycles. The first-order valence-corrected chi connectivity index (χ1v) is 11.2. The lowest BCUT2D eigenvalue weighted by molar-refractivity contribution is 0.100. The van der Waals surface area contributed by atoms with E-state index in [1.807, 2.05) is 30.3 Å². The molecule has 2 heterocycles. The number of aromatic amines is 1. The molecule has 0 fully saturated rings. The molecule has 9 heteroatoms. The quantitative estimate of drug-likeness (QED) is 0.473. The van der Waals surface area contributed by atoms with Crippen molar-refractivity contribution in [3.05, 3.63) is 53.7 Å². The van der Waals surface area contributed by atoms with E-state index in [4.69, 9.17) is 17.2 Å². The van der Waals surface area contributed by atoms with Gasteiger partial charge in [-0.15, -0.1) is 0 Å². The second kappa shape index (κ2) is 7.19. The lowest BCUT2D eigenvalue weighted by Crippen LogP contribution is -2.33. The summed E-state index contributed by atoms with van der Waals surface area (Å²) in [5.41, 5.74) is 23.1. The van der Waals surface area contributed by atoms with E-state index in [0.717, 1.165) is 27.8 Å². The number of anilines is 2. The van der Waals surface area contributed by atoms with Crippen molar-refractivity contribution in [1.29, 1.82) is 0 Å². The standard InChI is InChI=1S/C21H23N5O3S/c1-30(28,29)26-6-4-12(5-7-26)19-11-18-16(13-8-14(22)10-15(23)9-13)2-3-17(21(24)27)20(18)25-19/h2-4,8-11,25H,5-7,22-23H2,1H3,(H2,24,27). The van der Waals surface area contributed by atoms with Crippen LogP contribution < -0.4 is 17.2 Å². The maximum Gasteiger partial charge on any atom is 0.250 e. The summed E-state index contributed by atoms with van der Waals surface area (Å²) in [6, 6.07) is 10.8. The Hall–Kier alpha value is -3.30. The number of hydrogen-bond donors (Lipinski definition) is 4. The zero-order valence-electron chi connectivity index (χ0n) is 16.5. The van der Waals surface area contributed by atoms with E-state index < -0.39 is 15.9 Å². The normalized spacial score (nSPS) is 15.3. The first-order chi connectivity index (χ1) is 14.1. The van der Waals surface area contributed by atoms with Crippen LogP contribution in [-0.4, -0.2) is 43.0 Å². The molecule has 0 saturated carbocycles. The number of hydrogen-bond acceptors (Lipinski definition) is 5. The minimum Gasteiger partial charge on any atom is -0.399 e. The number of primary amides is 1. The molecule has 4 rings (SSSR count). The highest BCUT2D eigenvalue weighted by Gasteiger charge is 2.22. The SMILES string of the molecule is CS(=O)(=O)N1CC=C(c2cc3c(-c4cc(N)cc(N)c4)ccc(C(N)=O)c3[nH]2)CC1. The minimum absolute atomic E-state index is 0.310. The van der Waals surface area contributed by atoms with E-state index in [1.165, 1.54) is 10.6 Å². The van der Waals surface area contributed by atoms with Crippen LogP contribution >= 0.6 is 0 Å². The van der Waals surface area contributed by atoms with Gasteiger partial charge in [0.15, 0.2) is 0 Å². The van der Waals surface area contributed by atoms with Crippen molar-refractivity contribution in [1.82, 2.24) is 9.29 Å². The van der Waals surface area contributed by atoms with Crippen molar-refractivity contribution in [3.8, 4) is 11.1 Å². The third kappa shape index (κ3) is 3.64. The van der Waals surface area contributed by atoms with Crippen LogP contribution in [0, 0.1) is 0 Å². The molecule has 30 heavy (non-hydrogen) atoms. The van der Waals surface area contributed by atoms with Gasteiger partial charge < -0.3 is 22.2 Å². The Bertz CT molecular complexity index is 1290. The summed E-state index contributed by atoms with van der Waals surface area (Å²) in [6.07, 6.45) is 3.65. The van der Waals surface area contributed by atoms with Crippen molar-refractivity contribution < 1.29 is 13.2 Å². The number of H-pyrrole nitrogens is 1. The summed E-state index contributed by atoms with van der Waals surface area (Å²) >= 11 is 0. The maximum absolute atomic E-state index is 12.0. The molecule has 0 saturated heterocycles. The van der Waals surface area contributed by atoms with Crippen LogP contribution in [0.1, 0.15) is 22.5 Å². The zero-order valence-corrected chi connectivity index (χ0v) is 17.3. The van der Waals surface area contributed by atoms with Crippen molar-refractivity contribution in [2.45, 2.75) is 6.42 Å². The lowest BCUT2D eigenvalue weighted by Gasteiger charge is -2.23. The van der Waals surface area contributed by atoms with Crippen molar-refractivity contribution in [2.75, 3.05) is 30.8 Å². The number of carbonyl (C=O) groups excluding carboxylic acids is 1. The number of nitrogens with two attached hydrogens (primary N) is 3. The number of sulfonamides is 1. The molecule has 0 bridgehead atoms. The number of nitrogen functional groups attached to an aromatic ring is 2. The van der Waals surface area contributed by atoms with Gasteiger partial charge in [0, 0.05) is 35.5 Å². The van der Waals surface area contributed by atoms with E-state index >= 15 is 0 Å². The average Bonchev–Trinajstić information content (AvgIpc) is 3.11. The van der Waals surface area contributed by atoms with Crippen LogP contribution in [0.4, 0.5) is 11.4 Å². The highest BCUT2D eigenvalue weighted by molar-refractivity contribution is 7.88. The number of rotatable bonds is 4. The van der Waals surface area contributed by atoms with Gasteiger partial charge in [-0.05, 0) is 53.5 Å². The summed E-state index contributed by atoms with van der Waals surface area (Å²) < 4.78 is 25.0. The average molecular weight is 426 g/mol. The predicted molar refractivity (Wildman–Crippen MR) is 120 cm³/mol. The Labute approximate surface area is 174 Å². The Kier molecular flexibility index (Phi) is 4.79. The molecule has 0 spiro atoms. The van der Waals surface area contributed by atoms with Crippen LogP contribution in [0.5, 0.6) is 0 Å². The number of nitrogens with zero attached hydrogens (tertiary/aromatic N) is 1. The van der Waals surface area contributed by atoms with Crippen LogP contribution in [-0.2, 0) is 10.0 Å². The van der Waals surface area contributed by atoms with Gasteiger partial charge in [0.1, 0.15) is 0 Å². The van der Waals surface area contributed by atoms with Crippen LogP contribution in [0.15, 0.2) is 42.5 Å². The van der Waals surface area contributed by atoms with Crippen LogP contribution in [0.2, 0.25) is 0 Å². The van der Waals surface area contributed by atoms with Gasteiger partial charge in [-0.25, -0.2) is 8.42 Å². The molecule has 1 aliphatic heterocycles. The van der Waals surface area contributed by atoms with Crippen molar-refractivity contribution in [2.24, 2.45) is 5.73 Å². The molecular weight excluding hydrogens is 402 g/mol. The fraction of sp³-hybridized carbons (Fsp3) is 0.190. The van der Waals surface area contributed by atoms with Gasteiger partial charge >= 0.3 is 0 Å². The van der Waals surface area contributed by atoms with Gasteiger partial charge in [0.25, 0.3) is 5.91 Å². The topological polar surface area (TPSA) is 148 Å². The second-order valence-corrected chi connectivity index (χ2v) is 9.47. The van der Waals surface area contributed by atoms with Crippen LogP contribution in [0.25, 0.3) is 27.6 Å². The summed E-state index contributed by atoms with van der Waals surface area (Å²) in [7, 11) is -3.23. The van der Waals surface area contributed by atoms with Crippen molar-refractivity contribution >= 4 is 43.8 Å². The highest BCUT2D eigenvalue weighted by atomic mass is 32.2. The maximum atomic E-state index is 12.0. The van der Waals surface area contributed by atoms with Crippen molar-refractivity contribution in [3.63, 3.8) is 0 Å². The number of carbonyl (C=O) groups is 1. The number of benzene rings is 2. The Morgan fingerprint density at radius 1 is 1.10 bits per heavy atom. The van der Waals surface area contributed by atoms with Gasteiger partial charge in [0.2, 0.25) is 10.0 Å². The number of amides is 1. The molecule has 0 unspecified atom stereocenters. The van der Waals surface area contributed by atoms with Gasteiger partial charge in [0.05, 0.1) is 17.3 Å². The van der Waals surface area contributed by atoms with Gasteiger partial charge in [-0.3, -0.25) is 4.79 Å². The Morgan fingerprint density at radius 2 is 1.80 bits per heavy atom. The monoisotopic (exact) mass is 425 g/mol. The molecule has 1 aromatic heterocycles. The van der Waals surface area contributed by atoms with E-state index in [2.05, 4.69) is 4.98 Å². The number of fused-ring (bicyclic) bond motifs is 1. The Morgan fingerprint density at radius 3 is 2.37 bits per heavy atom. The molecule has 1 amide bonds. The molecule has 3 aromatic rings. The highest BCUT2D eigenvalue weighted by Crippen LogP contribution is 2.35. The number of aromatic nitrogens is 1. The van der Waals surface area contributed by atoms with E-state index in [0.29, 0.717) is 42.0 Å². The molecule has 156 valence electrons. The molecule has 2 aromatic carbocycles. The fourth-order valence-electron chi connectivity index (χ4n) is 3.88. The van der Waals surface area contributed by atoms with Gasteiger partial charge in [-0.1, -0.05) is 12.1 Å². The van der Waals surface area contributed by atoms with Gasteiger partial charge in [-0.2, -0.15) is 4.31 Å². The summed E-state index contributed by atoms with van der Waals surface area (Å²) in [5, 5.41) is 0.817. The molecule has 0 atom stereocenters. The first kappa shape index (κ1) is 20.0. The van der Waals surface area contributed by atoms with E-state index in [1.54, 1.807) is 12.1 Å². The summed E-state index contributed by atoms with van der Waals surface area (Å²) in [5.74, 6) is -0.534.